The number of hydrogen-bond donors (Lipinski definition) is 1. The lowest BCUT2D eigenvalue weighted by Gasteiger charge is -2.18. The van der Waals surface area contributed by atoms with E-state index in [0.717, 1.165) is 5.56 Å². The minimum atomic E-state index is -0.648. The molecule has 0 saturated heterocycles. The molecule has 5 nitrogen and oxygen atoms in total. The smallest absolute Gasteiger partial charge is 0.344 e. The van der Waals surface area contributed by atoms with Crippen LogP contribution < -0.4 is 4.74 Å². The topological polar surface area (TPSA) is 65.0 Å². The predicted molar refractivity (Wildman–Crippen MR) is 93.3 cm³/mol. The molecule has 1 N–H and O–H groups in total. The summed E-state index contributed by atoms with van der Waals surface area (Å²) in [6.45, 7) is 3.57. The van der Waals surface area contributed by atoms with E-state index < -0.39 is 5.97 Å². The van der Waals surface area contributed by atoms with Crippen LogP contribution in [0.2, 0.25) is 0 Å². The molecule has 6 heteroatoms. The van der Waals surface area contributed by atoms with Crippen LogP contribution in [0.4, 0.5) is 0 Å². The normalized spacial score (nSPS) is 10.5. The van der Waals surface area contributed by atoms with Gasteiger partial charge in [-0.25, -0.2) is 4.79 Å². The zero-order valence-electron chi connectivity index (χ0n) is 13.8. The van der Waals surface area contributed by atoms with E-state index in [1.807, 2.05) is 30.3 Å². The first-order chi connectivity index (χ1) is 11.5. The van der Waals surface area contributed by atoms with Gasteiger partial charge in [-0.05, 0) is 40.9 Å². The second kappa shape index (κ2) is 8.17. The van der Waals surface area contributed by atoms with E-state index in [1.165, 1.54) is 7.11 Å². The largest absolute Gasteiger partial charge is 0.507 e. The molecular formula is C18H19BrO5. The van der Waals surface area contributed by atoms with Gasteiger partial charge >= 0.3 is 5.97 Å². The molecule has 0 unspecified atom stereocenters. The van der Waals surface area contributed by atoms with Crippen LogP contribution in [0.3, 0.4) is 0 Å². The summed E-state index contributed by atoms with van der Waals surface area (Å²) in [5.41, 5.74) is 2.11. The predicted octanol–water partition coefficient (Wildman–Crippen LogP) is 4.11. The van der Waals surface area contributed by atoms with Gasteiger partial charge in [0, 0.05) is 12.7 Å². The van der Waals surface area contributed by atoms with E-state index in [-0.39, 0.29) is 18.1 Å². The number of ether oxygens (including phenoxy) is 3. The van der Waals surface area contributed by atoms with Gasteiger partial charge in [0.2, 0.25) is 0 Å². The molecule has 2 aromatic rings. The van der Waals surface area contributed by atoms with Crippen LogP contribution in [0.25, 0.3) is 0 Å². The van der Waals surface area contributed by atoms with Crippen molar-refractivity contribution in [3.8, 4) is 11.5 Å². The summed E-state index contributed by atoms with van der Waals surface area (Å²) in [5, 5.41) is 10.4. The van der Waals surface area contributed by atoms with E-state index in [4.69, 9.17) is 14.2 Å². The molecule has 2 rings (SSSR count). The molecule has 0 aliphatic rings. The van der Waals surface area contributed by atoms with Gasteiger partial charge in [0.1, 0.15) is 23.7 Å². The Morgan fingerprint density at radius 3 is 2.46 bits per heavy atom. The Bertz CT molecular complexity index is 699. The molecule has 24 heavy (non-hydrogen) atoms. The lowest BCUT2D eigenvalue weighted by Crippen LogP contribution is -2.11. The van der Waals surface area contributed by atoms with Crippen molar-refractivity contribution in [1.82, 2.24) is 0 Å². The highest BCUT2D eigenvalue weighted by atomic mass is 79.9. The van der Waals surface area contributed by atoms with Crippen molar-refractivity contribution in [1.29, 1.82) is 0 Å². The maximum Gasteiger partial charge on any atom is 0.344 e. The summed E-state index contributed by atoms with van der Waals surface area (Å²) in [5.74, 6) is -0.303. The van der Waals surface area contributed by atoms with Crippen LogP contribution in [-0.2, 0) is 16.1 Å². The summed E-state index contributed by atoms with van der Waals surface area (Å²) < 4.78 is 16.1. The summed E-state index contributed by atoms with van der Waals surface area (Å²) in [4.78, 5) is 12.1. The molecule has 0 atom stereocenters. The number of esters is 1. The highest BCUT2D eigenvalue weighted by Gasteiger charge is 2.24. The number of phenolic OH excluding ortho intramolecular Hbond substituents is 1. The fourth-order valence-electron chi connectivity index (χ4n) is 2.25. The van der Waals surface area contributed by atoms with Crippen molar-refractivity contribution in [3.63, 3.8) is 0 Å². The Morgan fingerprint density at radius 2 is 1.83 bits per heavy atom. The van der Waals surface area contributed by atoms with E-state index in [9.17, 15) is 9.90 Å². The molecule has 0 bridgehead atoms. The average Bonchev–Trinajstić information content (AvgIpc) is 2.59. The van der Waals surface area contributed by atoms with Gasteiger partial charge in [-0.15, -0.1) is 0 Å². The number of benzene rings is 2. The molecule has 0 heterocycles. The SMILES string of the molecule is COCOC(=O)c1c(C)c(Br)c(OCc2ccccc2)c(C)c1O. The molecule has 128 valence electrons. The third-order valence-corrected chi connectivity index (χ3v) is 4.53. The van der Waals surface area contributed by atoms with Crippen molar-refractivity contribution in [3.05, 3.63) is 57.1 Å². The number of aromatic hydroxyl groups is 1. The van der Waals surface area contributed by atoms with Crippen LogP contribution in [0.15, 0.2) is 34.8 Å². The standard InChI is InChI=1S/C18H19BrO5/c1-11-14(18(21)24-10-22-3)16(20)12(2)17(15(11)19)23-9-13-7-5-4-6-8-13/h4-8,20H,9-10H2,1-3H3. The van der Waals surface area contributed by atoms with E-state index in [1.54, 1.807) is 13.8 Å². The maximum absolute atomic E-state index is 12.1. The van der Waals surface area contributed by atoms with Crippen LogP contribution in [0, 0.1) is 13.8 Å². The Hall–Kier alpha value is -2.05. The quantitative estimate of drug-likeness (QED) is 0.589. The van der Waals surface area contributed by atoms with E-state index >= 15 is 0 Å². The Balaban J connectivity index is 2.32. The lowest BCUT2D eigenvalue weighted by atomic mass is 10.0. The molecule has 0 fully saturated rings. The molecular weight excluding hydrogens is 376 g/mol. The minimum Gasteiger partial charge on any atom is -0.507 e. The molecule has 0 radical (unpaired) electrons. The van der Waals surface area contributed by atoms with Gasteiger partial charge in [0.15, 0.2) is 6.79 Å². The summed E-state index contributed by atoms with van der Waals surface area (Å²) >= 11 is 3.45. The van der Waals surface area contributed by atoms with Gasteiger partial charge < -0.3 is 19.3 Å². The van der Waals surface area contributed by atoms with Gasteiger partial charge in [0.25, 0.3) is 0 Å². The molecule has 0 aliphatic carbocycles. The fraction of sp³-hybridized carbons (Fsp3) is 0.278. The second-order valence-corrected chi connectivity index (χ2v) is 6.02. The molecule has 0 amide bonds. The zero-order chi connectivity index (χ0) is 17.7. The number of phenols is 1. The maximum atomic E-state index is 12.1. The number of carbonyl (C=O) groups excluding carboxylic acids is 1. The van der Waals surface area contributed by atoms with Crippen molar-refractivity contribution in [2.24, 2.45) is 0 Å². The van der Waals surface area contributed by atoms with Crippen molar-refractivity contribution in [2.75, 3.05) is 13.9 Å². The summed E-state index contributed by atoms with van der Waals surface area (Å²) in [7, 11) is 1.42. The molecule has 0 aromatic heterocycles. The van der Waals surface area contributed by atoms with Crippen molar-refractivity contribution < 1.29 is 24.1 Å². The van der Waals surface area contributed by atoms with Gasteiger partial charge in [-0.1, -0.05) is 30.3 Å². The Labute approximate surface area is 149 Å². The third kappa shape index (κ3) is 3.88. The van der Waals surface area contributed by atoms with Crippen LogP contribution in [-0.4, -0.2) is 25.0 Å². The monoisotopic (exact) mass is 394 g/mol. The first-order valence-electron chi connectivity index (χ1n) is 7.31. The number of rotatable bonds is 6. The van der Waals surface area contributed by atoms with E-state index in [2.05, 4.69) is 15.9 Å². The number of hydrogen-bond acceptors (Lipinski definition) is 5. The first kappa shape index (κ1) is 18.3. The van der Waals surface area contributed by atoms with Gasteiger partial charge in [-0.3, -0.25) is 0 Å². The molecule has 0 spiro atoms. The fourth-order valence-corrected chi connectivity index (χ4v) is 2.86. The van der Waals surface area contributed by atoms with Gasteiger partial charge in [-0.2, -0.15) is 0 Å². The molecule has 0 aliphatic heterocycles. The summed E-state index contributed by atoms with van der Waals surface area (Å²) in [6, 6.07) is 9.69. The second-order valence-electron chi connectivity index (χ2n) is 5.23. The number of methoxy groups -OCH3 is 1. The average molecular weight is 395 g/mol. The lowest BCUT2D eigenvalue weighted by molar-refractivity contribution is -0.0127. The van der Waals surface area contributed by atoms with Crippen molar-refractivity contribution in [2.45, 2.75) is 20.5 Å². The molecule has 2 aromatic carbocycles. The van der Waals surface area contributed by atoms with Crippen LogP contribution in [0.1, 0.15) is 27.0 Å². The Kier molecular flexibility index (Phi) is 6.23. The number of carbonyl (C=O) groups is 1. The van der Waals surface area contributed by atoms with Gasteiger partial charge in [0.05, 0.1) is 4.47 Å². The highest BCUT2D eigenvalue weighted by Crippen LogP contribution is 2.41. The highest BCUT2D eigenvalue weighted by molar-refractivity contribution is 9.10. The Morgan fingerprint density at radius 1 is 1.17 bits per heavy atom. The summed E-state index contributed by atoms with van der Waals surface area (Å²) in [6.07, 6.45) is 0. The van der Waals surface area contributed by atoms with Crippen molar-refractivity contribution >= 4 is 21.9 Å². The zero-order valence-corrected chi connectivity index (χ0v) is 15.3. The number of halogens is 1. The third-order valence-electron chi connectivity index (χ3n) is 3.57. The van der Waals surface area contributed by atoms with Crippen LogP contribution in [0.5, 0.6) is 11.5 Å². The first-order valence-corrected chi connectivity index (χ1v) is 8.11. The van der Waals surface area contributed by atoms with E-state index in [0.29, 0.717) is 28.0 Å². The van der Waals surface area contributed by atoms with Crippen LogP contribution >= 0.6 is 15.9 Å². The molecule has 0 saturated carbocycles. The minimum absolute atomic E-state index is 0.100.